The van der Waals surface area contributed by atoms with Gasteiger partial charge in [-0.1, -0.05) is 6.07 Å². The summed E-state index contributed by atoms with van der Waals surface area (Å²) in [5, 5.41) is 11.0. The standard InChI is InChI=1S/C10H15NOS/c12-8-9-6-11(7-9)4-3-10-2-1-5-13-10/h1-2,5,9,12H,3-4,6-8H2. The molecule has 0 aromatic carbocycles. The van der Waals surface area contributed by atoms with Gasteiger partial charge in [0.15, 0.2) is 0 Å². The molecule has 2 nitrogen and oxygen atoms in total. The Morgan fingerprint density at radius 1 is 1.54 bits per heavy atom. The van der Waals surface area contributed by atoms with E-state index in [-0.39, 0.29) is 0 Å². The highest BCUT2D eigenvalue weighted by molar-refractivity contribution is 7.09. The first-order valence-corrected chi connectivity index (χ1v) is 5.62. The Hall–Kier alpha value is -0.380. The average molecular weight is 197 g/mol. The molecule has 13 heavy (non-hydrogen) atoms. The third-order valence-corrected chi connectivity index (χ3v) is 3.48. The van der Waals surface area contributed by atoms with E-state index >= 15 is 0 Å². The number of aliphatic hydroxyl groups excluding tert-OH is 1. The van der Waals surface area contributed by atoms with E-state index in [9.17, 15) is 0 Å². The first kappa shape index (κ1) is 9.19. The first-order valence-electron chi connectivity index (χ1n) is 4.74. The summed E-state index contributed by atoms with van der Waals surface area (Å²) in [7, 11) is 0. The van der Waals surface area contributed by atoms with E-state index in [4.69, 9.17) is 5.11 Å². The summed E-state index contributed by atoms with van der Waals surface area (Å²) >= 11 is 1.83. The maximum Gasteiger partial charge on any atom is 0.0483 e. The zero-order valence-electron chi connectivity index (χ0n) is 7.65. The molecule has 1 aromatic rings. The van der Waals surface area contributed by atoms with Crippen molar-refractivity contribution in [2.75, 3.05) is 26.2 Å². The molecule has 1 saturated heterocycles. The molecule has 0 saturated carbocycles. The SMILES string of the molecule is OCC1CN(CCc2cccs2)C1. The molecule has 0 bridgehead atoms. The molecule has 0 unspecified atom stereocenters. The summed E-state index contributed by atoms with van der Waals surface area (Å²) in [5.41, 5.74) is 0. The predicted molar refractivity (Wildman–Crippen MR) is 55.0 cm³/mol. The molecule has 2 rings (SSSR count). The minimum Gasteiger partial charge on any atom is -0.396 e. The van der Waals surface area contributed by atoms with Gasteiger partial charge in [0.25, 0.3) is 0 Å². The van der Waals surface area contributed by atoms with Gasteiger partial charge in [-0.15, -0.1) is 11.3 Å². The van der Waals surface area contributed by atoms with Crippen LogP contribution in [0, 0.1) is 5.92 Å². The van der Waals surface area contributed by atoms with Gasteiger partial charge >= 0.3 is 0 Å². The molecule has 1 aliphatic heterocycles. The van der Waals surface area contributed by atoms with Crippen LogP contribution >= 0.6 is 11.3 Å². The summed E-state index contributed by atoms with van der Waals surface area (Å²) in [6, 6.07) is 4.29. The monoisotopic (exact) mass is 197 g/mol. The van der Waals surface area contributed by atoms with Crippen molar-refractivity contribution in [2.24, 2.45) is 5.92 Å². The van der Waals surface area contributed by atoms with Crippen LogP contribution in [-0.4, -0.2) is 36.2 Å². The Morgan fingerprint density at radius 2 is 2.38 bits per heavy atom. The quantitative estimate of drug-likeness (QED) is 0.784. The first-order chi connectivity index (χ1) is 6.38. The summed E-state index contributed by atoms with van der Waals surface area (Å²) in [4.78, 5) is 3.87. The Morgan fingerprint density at radius 3 is 3.00 bits per heavy atom. The number of thiophene rings is 1. The van der Waals surface area contributed by atoms with Crippen LogP contribution in [0.15, 0.2) is 17.5 Å². The van der Waals surface area contributed by atoms with Crippen LogP contribution in [0.5, 0.6) is 0 Å². The van der Waals surface area contributed by atoms with E-state index in [0.29, 0.717) is 12.5 Å². The Bertz CT molecular complexity index is 241. The van der Waals surface area contributed by atoms with Crippen LogP contribution < -0.4 is 0 Å². The van der Waals surface area contributed by atoms with E-state index in [1.807, 2.05) is 11.3 Å². The van der Waals surface area contributed by atoms with Gasteiger partial charge in [0.05, 0.1) is 0 Å². The van der Waals surface area contributed by atoms with Gasteiger partial charge in [-0.05, 0) is 17.9 Å². The van der Waals surface area contributed by atoms with Crippen molar-refractivity contribution in [1.29, 1.82) is 0 Å². The smallest absolute Gasteiger partial charge is 0.0483 e. The van der Waals surface area contributed by atoms with Gasteiger partial charge in [0.1, 0.15) is 0 Å². The van der Waals surface area contributed by atoms with Crippen LogP contribution in [0.4, 0.5) is 0 Å². The maximum atomic E-state index is 8.83. The minimum absolute atomic E-state index is 0.357. The Labute approximate surface area is 82.8 Å². The number of hydrogen-bond acceptors (Lipinski definition) is 3. The zero-order valence-corrected chi connectivity index (χ0v) is 8.46. The third kappa shape index (κ3) is 2.30. The van der Waals surface area contributed by atoms with Crippen LogP contribution in [0.3, 0.4) is 0 Å². The van der Waals surface area contributed by atoms with Crippen molar-refractivity contribution in [1.82, 2.24) is 4.90 Å². The van der Waals surface area contributed by atoms with E-state index in [2.05, 4.69) is 22.4 Å². The van der Waals surface area contributed by atoms with Crippen molar-refractivity contribution in [3.05, 3.63) is 22.4 Å². The molecular formula is C10H15NOS. The Kier molecular flexibility index (Phi) is 2.98. The highest BCUT2D eigenvalue weighted by Gasteiger charge is 2.24. The minimum atomic E-state index is 0.357. The molecule has 1 aliphatic rings. The molecule has 2 heterocycles. The lowest BCUT2D eigenvalue weighted by Crippen LogP contribution is -2.48. The second-order valence-corrected chi connectivity index (χ2v) is 4.67. The molecule has 1 N–H and O–H groups in total. The van der Waals surface area contributed by atoms with Gasteiger partial charge in [0.2, 0.25) is 0 Å². The molecular weight excluding hydrogens is 182 g/mol. The lowest BCUT2D eigenvalue weighted by Gasteiger charge is -2.38. The van der Waals surface area contributed by atoms with Crippen molar-refractivity contribution in [2.45, 2.75) is 6.42 Å². The predicted octanol–water partition coefficient (Wildman–Crippen LogP) is 1.21. The lowest BCUT2D eigenvalue weighted by molar-refractivity contribution is 0.0552. The van der Waals surface area contributed by atoms with Gasteiger partial charge in [-0.3, -0.25) is 0 Å². The molecule has 0 aliphatic carbocycles. The highest BCUT2D eigenvalue weighted by atomic mass is 32.1. The molecule has 1 fully saturated rings. The van der Waals surface area contributed by atoms with Crippen LogP contribution in [-0.2, 0) is 6.42 Å². The highest BCUT2D eigenvalue weighted by Crippen LogP contribution is 2.16. The normalized spacial score (nSPS) is 18.8. The van der Waals surface area contributed by atoms with Crippen molar-refractivity contribution in [3.8, 4) is 0 Å². The van der Waals surface area contributed by atoms with E-state index in [0.717, 1.165) is 26.1 Å². The fourth-order valence-corrected chi connectivity index (χ4v) is 2.40. The van der Waals surface area contributed by atoms with Gasteiger partial charge in [0, 0.05) is 37.0 Å². The summed E-state index contributed by atoms with van der Waals surface area (Å²) in [6.07, 6.45) is 1.16. The fraction of sp³-hybridized carbons (Fsp3) is 0.600. The molecule has 0 spiro atoms. The largest absolute Gasteiger partial charge is 0.396 e. The molecule has 0 atom stereocenters. The third-order valence-electron chi connectivity index (χ3n) is 2.55. The molecule has 0 radical (unpaired) electrons. The van der Waals surface area contributed by atoms with Crippen molar-refractivity contribution < 1.29 is 5.11 Å². The van der Waals surface area contributed by atoms with E-state index in [1.165, 1.54) is 4.88 Å². The van der Waals surface area contributed by atoms with E-state index in [1.54, 1.807) is 0 Å². The van der Waals surface area contributed by atoms with Gasteiger partial charge in [-0.2, -0.15) is 0 Å². The van der Waals surface area contributed by atoms with Crippen LogP contribution in [0.25, 0.3) is 0 Å². The fourth-order valence-electron chi connectivity index (χ4n) is 1.70. The molecule has 3 heteroatoms. The number of hydrogen-bond donors (Lipinski definition) is 1. The lowest BCUT2D eigenvalue weighted by atomic mass is 10.0. The van der Waals surface area contributed by atoms with Crippen molar-refractivity contribution >= 4 is 11.3 Å². The maximum absolute atomic E-state index is 8.83. The average Bonchev–Trinajstić information content (AvgIpc) is 2.54. The second kappa shape index (κ2) is 4.22. The molecule has 1 aromatic heterocycles. The van der Waals surface area contributed by atoms with Gasteiger partial charge < -0.3 is 10.0 Å². The molecule has 0 amide bonds. The number of rotatable bonds is 4. The zero-order chi connectivity index (χ0) is 9.10. The molecule has 72 valence electrons. The van der Waals surface area contributed by atoms with E-state index < -0.39 is 0 Å². The number of aliphatic hydroxyl groups is 1. The Balaban J connectivity index is 1.65. The summed E-state index contributed by atoms with van der Waals surface area (Å²) in [6.45, 7) is 3.68. The van der Waals surface area contributed by atoms with Gasteiger partial charge in [-0.25, -0.2) is 0 Å². The topological polar surface area (TPSA) is 23.5 Å². The van der Waals surface area contributed by atoms with Crippen LogP contribution in [0.1, 0.15) is 4.88 Å². The summed E-state index contributed by atoms with van der Waals surface area (Å²) < 4.78 is 0. The number of nitrogens with zero attached hydrogens (tertiary/aromatic N) is 1. The second-order valence-electron chi connectivity index (χ2n) is 3.64. The number of likely N-dealkylation sites (tertiary alicyclic amines) is 1. The van der Waals surface area contributed by atoms with Crippen molar-refractivity contribution in [3.63, 3.8) is 0 Å². The summed E-state index contributed by atoms with van der Waals surface area (Å²) in [5.74, 6) is 0.545. The van der Waals surface area contributed by atoms with Crippen LogP contribution in [0.2, 0.25) is 0 Å².